The number of nitrogens with one attached hydrogen (secondary N) is 2. The van der Waals surface area contributed by atoms with Crippen LogP contribution in [0.5, 0.6) is 5.75 Å². The summed E-state index contributed by atoms with van der Waals surface area (Å²) in [5.41, 5.74) is 2.14. The molecule has 0 aliphatic rings. The summed E-state index contributed by atoms with van der Waals surface area (Å²) in [5.74, 6) is 0.151. The van der Waals surface area contributed by atoms with Crippen molar-refractivity contribution in [2.75, 3.05) is 12.4 Å². The summed E-state index contributed by atoms with van der Waals surface area (Å²) in [6.07, 6.45) is 1.64. The van der Waals surface area contributed by atoms with Crippen molar-refractivity contribution in [2.45, 2.75) is 20.4 Å². The van der Waals surface area contributed by atoms with Crippen molar-refractivity contribution in [3.63, 3.8) is 0 Å². The minimum absolute atomic E-state index is 0.0327. The van der Waals surface area contributed by atoms with Crippen molar-refractivity contribution < 1.29 is 9.53 Å². The molecule has 0 saturated heterocycles. The normalized spacial score (nSPS) is 11.2. The Kier molecular flexibility index (Phi) is 5.61. The minimum Gasteiger partial charge on any atom is -0.497 e. The summed E-state index contributed by atoms with van der Waals surface area (Å²) >= 11 is 1.22. The molecule has 5 aromatic rings. The molecule has 0 spiro atoms. The van der Waals surface area contributed by atoms with Gasteiger partial charge in [-0.05, 0) is 49.2 Å². The number of fused-ring (bicyclic) bond motifs is 2. The third-order valence-electron chi connectivity index (χ3n) is 5.62. The Balaban J connectivity index is 1.74. The average Bonchev–Trinajstić information content (AvgIpc) is 3.26. The van der Waals surface area contributed by atoms with Crippen molar-refractivity contribution in [1.29, 1.82) is 5.41 Å². The first-order valence-electron chi connectivity index (χ1n) is 10.7. The standard InChI is InChI=1S/C24H21N7O3S/c1-13-5-4-10-30-20(13)26-21-18(23(30)33)11-17(22(32)27-24-29-28-14(2)35-24)19(25)31(21)12-15-6-8-16(34-3)9-7-15/h4-11,25H,12H2,1-3H3,(H,27,29,32). The van der Waals surface area contributed by atoms with Gasteiger partial charge >= 0.3 is 0 Å². The number of methoxy groups -OCH3 is 1. The lowest BCUT2D eigenvalue weighted by atomic mass is 10.1. The maximum Gasteiger partial charge on any atom is 0.267 e. The highest BCUT2D eigenvalue weighted by Crippen LogP contribution is 2.18. The second kappa shape index (κ2) is 8.76. The maximum atomic E-state index is 13.5. The smallest absolute Gasteiger partial charge is 0.267 e. The zero-order valence-corrected chi connectivity index (χ0v) is 20.0. The zero-order valence-electron chi connectivity index (χ0n) is 19.2. The maximum absolute atomic E-state index is 13.5. The Hall–Kier alpha value is -4.38. The number of anilines is 1. The molecule has 10 nitrogen and oxygen atoms in total. The number of pyridine rings is 2. The van der Waals surface area contributed by atoms with Crippen LogP contribution in [0.4, 0.5) is 5.13 Å². The molecule has 4 heterocycles. The third-order valence-corrected chi connectivity index (χ3v) is 6.38. The number of aromatic nitrogens is 5. The van der Waals surface area contributed by atoms with Crippen molar-refractivity contribution in [1.82, 2.24) is 24.1 Å². The van der Waals surface area contributed by atoms with Gasteiger partial charge in [0.25, 0.3) is 11.5 Å². The molecule has 176 valence electrons. The molecule has 0 aliphatic heterocycles. The van der Waals surface area contributed by atoms with Gasteiger partial charge in [-0.1, -0.05) is 29.5 Å². The van der Waals surface area contributed by atoms with E-state index in [1.54, 1.807) is 30.9 Å². The Morgan fingerprint density at radius 2 is 1.91 bits per heavy atom. The van der Waals surface area contributed by atoms with Gasteiger partial charge in [-0.3, -0.25) is 24.7 Å². The number of carbonyl (C=O) groups excluding carboxylic acids is 1. The topological polar surface area (TPSA) is 127 Å². The Bertz CT molecular complexity index is 1720. The van der Waals surface area contributed by atoms with Gasteiger partial charge in [0.1, 0.15) is 27.5 Å². The molecule has 0 fully saturated rings. The zero-order chi connectivity index (χ0) is 24.7. The lowest BCUT2D eigenvalue weighted by Gasteiger charge is -2.15. The van der Waals surface area contributed by atoms with E-state index in [9.17, 15) is 9.59 Å². The summed E-state index contributed by atoms with van der Waals surface area (Å²) in [7, 11) is 1.59. The molecule has 11 heteroatoms. The van der Waals surface area contributed by atoms with Gasteiger partial charge in [-0.15, -0.1) is 10.2 Å². The molecular formula is C24H21N7O3S. The molecule has 0 atom stereocenters. The van der Waals surface area contributed by atoms with Crippen LogP contribution in [0.25, 0.3) is 16.7 Å². The first kappa shape index (κ1) is 22.4. The van der Waals surface area contributed by atoms with Gasteiger partial charge < -0.3 is 9.30 Å². The van der Waals surface area contributed by atoms with E-state index >= 15 is 0 Å². The number of amides is 1. The number of aryl methyl sites for hydroxylation is 2. The van der Waals surface area contributed by atoms with Crippen LogP contribution in [0.1, 0.15) is 26.5 Å². The van der Waals surface area contributed by atoms with Crippen LogP contribution < -0.4 is 21.1 Å². The van der Waals surface area contributed by atoms with E-state index in [0.717, 1.165) is 11.1 Å². The van der Waals surface area contributed by atoms with Crippen LogP contribution >= 0.6 is 11.3 Å². The number of benzene rings is 1. The van der Waals surface area contributed by atoms with Crippen LogP contribution in [-0.4, -0.2) is 37.2 Å². The van der Waals surface area contributed by atoms with Crippen molar-refractivity contribution in [2.24, 2.45) is 0 Å². The van der Waals surface area contributed by atoms with Gasteiger partial charge in [-0.2, -0.15) is 0 Å². The molecular weight excluding hydrogens is 466 g/mol. The second-order valence-electron chi connectivity index (χ2n) is 7.96. The molecule has 4 aromatic heterocycles. The van der Waals surface area contributed by atoms with E-state index in [2.05, 4.69) is 15.5 Å². The highest BCUT2D eigenvalue weighted by molar-refractivity contribution is 7.15. The monoisotopic (exact) mass is 487 g/mol. The summed E-state index contributed by atoms with van der Waals surface area (Å²) in [6.45, 7) is 3.88. The summed E-state index contributed by atoms with van der Waals surface area (Å²) < 4.78 is 8.26. The van der Waals surface area contributed by atoms with Crippen molar-refractivity contribution >= 4 is 39.1 Å². The summed E-state index contributed by atoms with van der Waals surface area (Å²) in [5, 5.41) is 20.7. The number of carbonyl (C=O) groups is 1. The molecule has 5 rings (SSSR count). The fourth-order valence-corrected chi connectivity index (χ4v) is 4.44. The quantitative estimate of drug-likeness (QED) is 0.367. The summed E-state index contributed by atoms with van der Waals surface area (Å²) in [4.78, 5) is 31.4. The van der Waals surface area contributed by atoms with Crippen molar-refractivity contribution in [3.05, 3.63) is 86.2 Å². The molecule has 1 amide bonds. The lowest BCUT2D eigenvalue weighted by Crippen LogP contribution is -2.32. The van der Waals surface area contributed by atoms with E-state index in [0.29, 0.717) is 27.2 Å². The SMILES string of the molecule is COc1ccc(Cn2c(=N)c(C(=O)Nc3nnc(C)s3)cc3c(=O)n4cccc(C)c4nc32)cc1. The van der Waals surface area contributed by atoms with Crippen molar-refractivity contribution in [3.8, 4) is 5.75 Å². The van der Waals surface area contributed by atoms with Gasteiger partial charge in [0, 0.05) is 6.20 Å². The van der Waals surface area contributed by atoms with E-state index < -0.39 is 5.91 Å². The Labute approximate surface area is 203 Å². The molecule has 0 radical (unpaired) electrons. The lowest BCUT2D eigenvalue weighted by molar-refractivity contribution is 0.102. The molecule has 0 bridgehead atoms. The van der Waals surface area contributed by atoms with E-state index in [-0.39, 0.29) is 28.5 Å². The van der Waals surface area contributed by atoms with Gasteiger partial charge in [-0.25, -0.2) is 4.98 Å². The first-order chi connectivity index (χ1) is 16.9. The molecule has 2 N–H and O–H groups in total. The van der Waals surface area contributed by atoms with Gasteiger partial charge in [0.15, 0.2) is 0 Å². The van der Waals surface area contributed by atoms with Crippen LogP contribution in [0.2, 0.25) is 0 Å². The molecule has 1 aromatic carbocycles. The molecule has 0 saturated carbocycles. The molecule has 0 aliphatic carbocycles. The van der Waals surface area contributed by atoms with Gasteiger partial charge in [0.05, 0.1) is 24.6 Å². The van der Waals surface area contributed by atoms with E-state index in [4.69, 9.17) is 15.1 Å². The molecule has 35 heavy (non-hydrogen) atoms. The van der Waals surface area contributed by atoms with Crippen LogP contribution in [0, 0.1) is 19.3 Å². The highest BCUT2D eigenvalue weighted by atomic mass is 32.1. The summed E-state index contributed by atoms with van der Waals surface area (Å²) in [6, 6.07) is 12.4. The first-order valence-corrected chi connectivity index (χ1v) is 11.5. The minimum atomic E-state index is -0.551. The highest BCUT2D eigenvalue weighted by Gasteiger charge is 2.19. The number of hydrogen-bond acceptors (Lipinski definition) is 8. The average molecular weight is 488 g/mol. The number of hydrogen-bond donors (Lipinski definition) is 2. The number of ether oxygens (including phenoxy) is 1. The predicted molar refractivity (Wildman–Crippen MR) is 132 cm³/mol. The Morgan fingerprint density at radius 1 is 1.14 bits per heavy atom. The van der Waals surface area contributed by atoms with Crippen LogP contribution in [0.3, 0.4) is 0 Å². The fraction of sp³-hybridized carbons (Fsp3) is 0.167. The number of rotatable bonds is 5. The largest absolute Gasteiger partial charge is 0.497 e. The second-order valence-corrected chi connectivity index (χ2v) is 9.14. The van der Waals surface area contributed by atoms with Crippen LogP contribution in [0.15, 0.2) is 53.5 Å². The van der Waals surface area contributed by atoms with E-state index in [1.165, 1.54) is 21.8 Å². The number of nitrogens with zero attached hydrogens (tertiary/aromatic N) is 5. The molecule has 0 unspecified atom stereocenters. The van der Waals surface area contributed by atoms with Gasteiger partial charge in [0.2, 0.25) is 5.13 Å². The van der Waals surface area contributed by atoms with Crippen LogP contribution in [-0.2, 0) is 6.54 Å². The fourth-order valence-electron chi connectivity index (χ4n) is 3.85. The Morgan fingerprint density at radius 3 is 2.60 bits per heavy atom. The predicted octanol–water partition coefficient (Wildman–Crippen LogP) is 2.91. The third kappa shape index (κ3) is 4.06. The van der Waals surface area contributed by atoms with E-state index in [1.807, 2.05) is 37.3 Å².